The number of nitrogens with one attached hydrogen (secondary N) is 1. The third-order valence-corrected chi connectivity index (χ3v) is 1.75. The number of hydrogen-bond acceptors (Lipinski definition) is 4. The maximum Gasteiger partial charge on any atom is 0.252 e. The van der Waals surface area contributed by atoms with Crippen molar-refractivity contribution in [2.45, 2.75) is 32.6 Å². The molecule has 0 aromatic rings. The third kappa shape index (κ3) is 9.11. The summed E-state index contributed by atoms with van der Waals surface area (Å²) < 4.78 is 0. The average Bonchev–Trinajstić information content (AvgIpc) is 2.12. The minimum atomic E-state index is -0.395. The van der Waals surface area contributed by atoms with Crippen molar-refractivity contribution in [1.29, 1.82) is 0 Å². The highest BCUT2D eigenvalue weighted by Gasteiger charge is 2.06. The molecule has 5 nitrogen and oxygen atoms in total. The fourth-order valence-electron chi connectivity index (χ4n) is 0.902. The van der Waals surface area contributed by atoms with Gasteiger partial charge in [0, 0.05) is 12.0 Å². The van der Waals surface area contributed by atoms with Crippen molar-refractivity contribution in [3.63, 3.8) is 0 Å². The van der Waals surface area contributed by atoms with Crippen molar-refractivity contribution in [2.24, 2.45) is 5.73 Å². The van der Waals surface area contributed by atoms with Crippen LogP contribution in [0.3, 0.4) is 0 Å². The molecule has 0 heterocycles. The first-order valence-electron chi connectivity index (χ1n) is 4.77. The zero-order chi connectivity index (χ0) is 11.0. The summed E-state index contributed by atoms with van der Waals surface area (Å²) in [6, 6.07) is 0. The molecule has 0 aliphatic heterocycles. The number of imide groups is 1. The molecule has 0 atom stereocenters. The van der Waals surface area contributed by atoms with Gasteiger partial charge in [0.05, 0.1) is 0 Å². The van der Waals surface area contributed by atoms with Gasteiger partial charge in [0.15, 0.2) is 0 Å². The Morgan fingerprint density at radius 2 is 1.87 bits per heavy atom. The molecule has 0 aromatic carbocycles. The number of rotatable bonds is 6. The van der Waals surface area contributed by atoms with E-state index in [1.54, 1.807) is 6.92 Å². The number of hydrogen-bond donors (Lipinski definition) is 3. The Balaban J connectivity index is 0. The minimum absolute atomic E-state index is 0. The molecule has 0 bridgehead atoms. The van der Waals surface area contributed by atoms with E-state index < -0.39 is 5.91 Å². The third-order valence-electron chi connectivity index (χ3n) is 1.75. The van der Waals surface area contributed by atoms with Gasteiger partial charge in [-0.1, -0.05) is 13.0 Å². The Morgan fingerprint density at radius 3 is 2.33 bits per heavy atom. The summed E-state index contributed by atoms with van der Waals surface area (Å²) in [7, 11) is 0. The predicted octanol–water partition coefficient (Wildman–Crippen LogP) is 0.886. The van der Waals surface area contributed by atoms with E-state index in [9.17, 15) is 9.59 Å². The standard InChI is InChI=1S/C10H18N2O2.H3N/c1-8(2)10(14)12-9(13)6-4-3-5-7-11;/h1,3-7,11H2,2H3,(H,12,13,14);1H3. The van der Waals surface area contributed by atoms with Crippen molar-refractivity contribution in [3.8, 4) is 0 Å². The summed E-state index contributed by atoms with van der Waals surface area (Å²) in [6.07, 6.45) is 2.98. The minimum Gasteiger partial charge on any atom is -0.344 e. The van der Waals surface area contributed by atoms with E-state index in [4.69, 9.17) is 5.73 Å². The van der Waals surface area contributed by atoms with Gasteiger partial charge in [0.2, 0.25) is 5.91 Å². The predicted molar refractivity (Wildman–Crippen MR) is 60.5 cm³/mol. The summed E-state index contributed by atoms with van der Waals surface area (Å²) in [6.45, 7) is 5.65. The first-order chi connectivity index (χ1) is 6.57. The lowest BCUT2D eigenvalue weighted by Crippen LogP contribution is -2.30. The molecule has 2 amide bonds. The van der Waals surface area contributed by atoms with Crippen LogP contribution in [0.1, 0.15) is 32.6 Å². The number of nitrogens with two attached hydrogens (primary N) is 1. The van der Waals surface area contributed by atoms with Crippen LogP contribution >= 0.6 is 0 Å². The Kier molecular flexibility index (Phi) is 10.1. The summed E-state index contributed by atoms with van der Waals surface area (Å²) in [5.74, 6) is -0.635. The molecule has 0 aromatic heterocycles. The lowest BCUT2D eigenvalue weighted by Gasteiger charge is -2.02. The smallest absolute Gasteiger partial charge is 0.252 e. The second kappa shape index (κ2) is 9.36. The van der Waals surface area contributed by atoms with Crippen LogP contribution < -0.4 is 17.2 Å². The maximum atomic E-state index is 11.1. The van der Waals surface area contributed by atoms with Gasteiger partial charge in [-0.2, -0.15) is 0 Å². The highest BCUT2D eigenvalue weighted by atomic mass is 16.2. The summed E-state index contributed by atoms with van der Waals surface area (Å²) in [5.41, 5.74) is 5.65. The average molecular weight is 215 g/mol. The Hall–Kier alpha value is -1.20. The molecule has 88 valence electrons. The number of amides is 2. The van der Waals surface area contributed by atoms with Gasteiger partial charge in [0.1, 0.15) is 0 Å². The van der Waals surface area contributed by atoms with Crippen LogP contribution in [0, 0.1) is 0 Å². The molecular weight excluding hydrogens is 194 g/mol. The van der Waals surface area contributed by atoms with E-state index in [1.165, 1.54) is 0 Å². The Morgan fingerprint density at radius 1 is 1.27 bits per heavy atom. The summed E-state index contributed by atoms with van der Waals surface area (Å²) >= 11 is 0. The van der Waals surface area contributed by atoms with Crippen LogP contribution in [-0.4, -0.2) is 18.4 Å². The van der Waals surface area contributed by atoms with Gasteiger partial charge < -0.3 is 11.9 Å². The molecule has 0 rings (SSSR count). The molecular formula is C10H21N3O2. The highest BCUT2D eigenvalue weighted by molar-refractivity contribution is 6.03. The van der Waals surface area contributed by atoms with Crippen molar-refractivity contribution in [1.82, 2.24) is 11.5 Å². The number of unbranched alkanes of at least 4 members (excludes halogenated alkanes) is 2. The number of carbonyl (C=O) groups excluding carboxylic acids is 2. The molecule has 6 N–H and O–H groups in total. The molecule has 0 aliphatic carbocycles. The molecule has 0 fully saturated rings. The van der Waals surface area contributed by atoms with Gasteiger partial charge in [0.25, 0.3) is 5.91 Å². The first-order valence-corrected chi connectivity index (χ1v) is 4.77. The van der Waals surface area contributed by atoms with E-state index in [0.717, 1.165) is 19.3 Å². The largest absolute Gasteiger partial charge is 0.344 e. The van der Waals surface area contributed by atoms with E-state index in [1.807, 2.05) is 0 Å². The molecule has 0 radical (unpaired) electrons. The van der Waals surface area contributed by atoms with E-state index in [2.05, 4.69) is 11.9 Å². The van der Waals surface area contributed by atoms with Gasteiger partial charge in [-0.25, -0.2) is 0 Å². The van der Waals surface area contributed by atoms with Crippen LogP contribution in [0.2, 0.25) is 0 Å². The van der Waals surface area contributed by atoms with Crippen LogP contribution in [0.5, 0.6) is 0 Å². The molecule has 0 unspecified atom stereocenters. The van der Waals surface area contributed by atoms with E-state index in [0.29, 0.717) is 18.5 Å². The second-order valence-electron chi connectivity index (χ2n) is 3.26. The second-order valence-corrected chi connectivity index (χ2v) is 3.26. The normalized spacial score (nSPS) is 8.93. The Labute approximate surface area is 90.7 Å². The fraction of sp³-hybridized carbons (Fsp3) is 0.600. The van der Waals surface area contributed by atoms with E-state index >= 15 is 0 Å². The lowest BCUT2D eigenvalue weighted by molar-refractivity contribution is -0.128. The zero-order valence-electron chi connectivity index (χ0n) is 9.34. The SMILES string of the molecule is C=C(C)C(=O)NC(=O)CCCCCN.N. The molecule has 15 heavy (non-hydrogen) atoms. The van der Waals surface area contributed by atoms with Crippen LogP contribution in [-0.2, 0) is 9.59 Å². The van der Waals surface area contributed by atoms with Gasteiger partial charge >= 0.3 is 0 Å². The van der Waals surface area contributed by atoms with Crippen LogP contribution in [0.15, 0.2) is 12.2 Å². The van der Waals surface area contributed by atoms with Gasteiger partial charge in [-0.05, 0) is 26.3 Å². The first kappa shape index (κ1) is 16.2. The lowest BCUT2D eigenvalue weighted by atomic mass is 10.2. The molecule has 0 saturated heterocycles. The monoisotopic (exact) mass is 215 g/mol. The molecule has 0 aliphatic rings. The molecule has 0 saturated carbocycles. The van der Waals surface area contributed by atoms with Crippen molar-refractivity contribution in [2.75, 3.05) is 6.54 Å². The number of carbonyl (C=O) groups is 2. The van der Waals surface area contributed by atoms with Crippen LogP contribution in [0.4, 0.5) is 0 Å². The summed E-state index contributed by atoms with van der Waals surface area (Å²) in [4.78, 5) is 22.1. The fourth-order valence-corrected chi connectivity index (χ4v) is 0.902. The van der Waals surface area contributed by atoms with Gasteiger partial charge in [-0.3, -0.25) is 14.9 Å². The van der Waals surface area contributed by atoms with E-state index in [-0.39, 0.29) is 12.1 Å². The molecule has 0 spiro atoms. The Bertz CT molecular complexity index is 227. The quantitative estimate of drug-likeness (QED) is 0.451. The van der Waals surface area contributed by atoms with Crippen molar-refractivity contribution < 1.29 is 9.59 Å². The summed E-state index contributed by atoms with van der Waals surface area (Å²) in [5, 5.41) is 2.25. The molecule has 5 heteroatoms. The van der Waals surface area contributed by atoms with Crippen molar-refractivity contribution >= 4 is 11.8 Å². The van der Waals surface area contributed by atoms with Crippen LogP contribution in [0.25, 0.3) is 0 Å². The van der Waals surface area contributed by atoms with Crippen molar-refractivity contribution in [3.05, 3.63) is 12.2 Å². The topological polar surface area (TPSA) is 107 Å². The van der Waals surface area contributed by atoms with Gasteiger partial charge in [-0.15, -0.1) is 0 Å². The highest BCUT2D eigenvalue weighted by Crippen LogP contribution is 1.98. The maximum absolute atomic E-state index is 11.1. The zero-order valence-corrected chi connectivity index (χ0v) is 9.34.